The quantitative estimate of drug-likeness (QED) is 0.123. The third kappa shape index (κ3) is 6.89. The molecular formula is C32H33FN6O5S. The number of ether oxygens (including phenoxy) is 1. The van der Waals surface area contributed by atoms with Gasteiger partial charge in [-0.1, -0.05) is 24.4 Å². The van der Waals surface area contributed by atoms with Gasteiger partial charge in [-0.3, -0.25) is 4.79 Å². The minimum atomic E-state index is -4.46. The number of hydrogen-bond acceptors (Lipinski definition) is 9. The number of hydrogen-bond donors (Lipinski definition) is 1. The molecule has 2 heterocycles. The number of benzene rings is 3. The normalized spacial score (nSPS) is 11.5. The van der Waals surface area contributed by atoms with E-state index in [1.807, 2.05) is 12.1 Å². The van der Waals surface area contributed by atoms with Crippen molar-refractivity contribution < 1.29 is 27.2 Å². The van der Waals surface area contributed by atoms with Crippen molar-refractivity contribution in [3.8, 4) is 17.0 Å². The van der Waals surface area contributed by atoms with Crippen LogP contribution < -0.4 is 14.5 Å². The summed E-state index contributed by atoms with van der Waals surface area (Å²) in [6, 6.07) is 19.3. The predicted octanol–water partition coefficient (Wildman–Crippen LogP) is 5.61. The highest BCUT2D eigenvalue weighted by atomic mass is 32.2. The van der Waals surface area contributed by atoms with E-state index < -0.39 is 20.7 Å². The Kier molecular flexibility index (Phi) is 9.59. The number of anilines is 3. The van der Waals surface area contributed by atoms with Gasteiger partial charge >= 0.3 is 6.47 Å². The number of methoxy groups -OCH3 is 1. The lowest BCUT2D eigenvalue weighted by Crippen LogP contribution is -2.31. The SMILES string of the molecule is CCN(CC)CCn1ccc2cc(-c3cc(Nc4ccc(N(OC=O)S(=O)(=O)c5ccc(OC)c(F)c5)cc4)ncn3)ccc21. The predicted molar refractivity (Wildman–Crippen MR) is 170 cm³/mol. The number of aromatic nitrogens is 3. The van der Waals surface area contributed by atoms with Gasteiger partial charge in [0.15, 0.2) is 11.6 Å². The number of carbonyl (C=O) groups is 1. The lowest BCUT2D eigenvalue weighted by atomic mass is 10.1. The average molecular weight is 633 g/mol. The maximum atomic E-state index is 14.2. The Morgan fingerprint density at radius 3 is 2.44 bits per heavy atom. The highest BCUT2D eigenvalue weighted by molar-refractivity contribution is 7.92. The molecule has 5 aromatic rings. The van der Waals surface area contributed by atoms with Crippen molar-refractivity contribution in [3.63, 3.8) is 0 Å². The second kappa shape index (κ2) is 13.7. The van der Waals surface area contributed by atoms with Gasteiger partial charge in [0.1, 0.15) is 12.1 Å². The summed E-state index contributed by atoms with van der Waals surface area (Å²) < 4.78 is 48.1. The molecule has 0 aliphatic heterocycles. The van der Waals surface area contributed by atoms with Gasteiger partial charge in [-0.15, -0.1) is 0 Å². The maximum absolute atomic E-state index is 14.2. The van der Waals surface area contributed by atoms with Crippen molar-refractivity contribution in [1.82, 2.24) is 19.4 Å². The van der Waals surface area contributed by atoms with Crippen molar-refractivity contribution in [3.05, 3.63) is 91.1 Å². The highest BCUT2D eigenvalue weighted by Crippen LogP contribution is 2.30. The van der Waals surface area contributed by atoms with Crippen LogP contribution in [0.2, 0.25) is 0 Å². The van der Waals surface area contributed by atoms with Crippen molar-refractivity contribution in [1.29, 1.82) is 0 Å². The Bertz CT molecular complexity index is 1890. The molecule has 0 atom stereocenters. The van der Waals surface area contributed by atoms with Crippen LogP contribution in [0.5, 0.6) is 5.75 Å². The minimum absolute atomic E-state index is 0.0181. The van der Waals surface area contributed by atoms with Gasteiger partial charge < -0.3 is 24.4 Å². The van der Waals surface area contributed by atoms with Crippen LogP contribution in [0.4, 0.5) is 21.6 Å². The standard InChI is InChI=1S/C32H33FN6O5S/c1-4-37(5-2)16-17-38-15-14-24-18-23(6-12-30(24)38)29-20-32(35-21-34-29)36-25-7-9-26(10-8-25)39(44-22-40)45(41,42)27-11-13-31(43-3)28(33)19-27/h6-15,18-22H,4-5,16-17H2,1-3H3,(H,34,35,36). The molecule has 0 unspecified atom stereocenters. The van der Waals surface area contributed by atoms with Gasteiger partial charge in [0.25, 0.3) is 10.0 Å². The maximum Gasteiger partial charge on any atom is 0.322 e. The number of sulfonamides is 1. The summed E-state index contributed by atoms with van der Waals surface area (Å²) in [5.74, 6) is -0.481. The van der Waals surface area contributed by atoms with Gasteiger partial charge in [-0.05, 0) is 73.8 Å². The van der Waals surface area contributed by atoms with Crippen LogP contribution in [0, 0.1) is 5.82 Å². The van der Waals surface area contributed by atoms with Crippen LogP contribution in [0.3, 0.4) is 0 Å². The van der Waals surface area contributed by atoms with Gasteiger partial charge in [-0.2, -0.15) is 8.42 Å². The van der Waals surface area contributed by atoms with Crippen molar-refractivity contribution in [2.24, 2.45) is 0 Å². The van der Waals surface area contributed by atoms with Crippen LogP contribution in [0.25, 0.3) is 22.2 Å². The zero-order valence-electron chi connectivity index (χ0n) is 25.1. The van der Waals surface area contributed by atoms with E-state index in [-0.39, 0.29) is 17.9 Å². The van der Waals surface area contributed by atoms with Gasteiger partial charge in [0, 0.05) is 47.5 Å². The number of likely N-dealkylation sites (N-methyl/N-ethyl adjacent to an activating group) is 1. The fourth-order valence-electron chi connectivity index (χ4n) is 4.94. The largest absolute Gasteiger partial charge is 0.494 e. The summed E-state index contributed by atoms with van der Waals surface area (Å²) in [5, 5.41) is 4.30. The fraction of sp³-hybridized carbons (Fsp3) is 0.219. The van der Waals surface area contributed by atoms with Gasteiger partial charge in [-0.25, -0.2) is 14.4 Å². The molecule has 0 spiro atoms. The van der Waals surface area contributed by atoms with Crippen LogP contribution in [0.1, 0.15) is 13.8 Å². The van der Waals surface area contributed by atoms with Crippen LogP contribution in [-0.4, -0.2) is 61.1 Å². The Hall–Kier alpha value is -5.01. The smallest absolute Gasteiger partial charge is 0.322 e. The Labute approximate surface area is 260 Å². The molecule has 13 heteroatoms. The number of nitrogens with one attached hydrogen (secondary N) is 1. The molecule has 0 fully saturated rings. The number of fused-ring (bicyclic) bond motifs is 1. The lowest BCUT2D eigenvalue weighted by Gasteiger charge is -2.21. The van der Waals surface area contributed by atoms with Crippen LogP contribution >= 0.6 is 0 Å². The zero-order valence-corrected chi connectivity index (χ0v) is 25.9. The van der Waals surface area contributed by atoms with Gasteiger partial charge in [0.2, 0.25) is 0 Å². The Morgan fingerprint density at radius 1 is 0.978 bits per heavy atom. The topological polar surface area (TPSA) is 119 Å². The van der Waals surface area contributed by atoms with E-state index in [4.69, 9.17) is 9.57 Å². The van der Waals surface area contributed by atoms with E-state index in [2.05, 4.69) is 63.0 Å². The first kappa shape index (κ1) is 31.4. The highest BCUT2D eigenvalue weighted by Gasteiger charge is 2.28. The summed E-state index contributed by atoms with van der Waals surface area (Å²) in [5.41, 5.74) is 3.43. The van der Waals surface area contributed by atoms with Crippen LogP contribution in [-0.2, 0) is 26.2 Å². The molecule has 2 aromatic heterocycles. The molecule has 1 N–H and O–H groups in total. The number of nitrogens with zero attached hydrogens (tertiary/aromatic N) is 5. The summed E-state index contributed by atoms with van der Waals surface area (Å²) in [7, 11) is -3.19. The second-order valence-corrected chi connectivity index (χ2v) is 11.8. The first-order chi connectivity index (χ1) is 21.8. The van der Waals surface area contributed by atoms with E-state index in [1.54, 1.807) is 12.1 Å². The summed E-state index contributed by atoms with van der Waals surface area (Å²) in [4.78, 5) is 26.7. The molecule has 3 aromatic carbocycles. The monoisotopic (exact) mass is 632 g/mol. The number of rotatable bonds is 14. The molecule has 0 aliphatic carbocycles. The molecule has 0 bridgehead atoms. The van der Waals surface area contributed by atoms with Crippen molar-refractivity contribution in [2.75, 3.05) is 36.5 Å². The molecule has 234 valence electrons. The van der Waals surface area contributed by atoms with E-state index in [0.29, 0.717) is 16.0 Å². The first-order valence-corrected chi connectivity index (χ1v) is 15.7. The Morgan fingerprint density at radius 2 is 1.76 bits per heavy atom. The summed E-state index contributed by atoms with van der Waals surface area (Å²) >= 11 is 0. The minimum Gasteiger partial charge on any atom is -0.494 e. The van der Waals surface area contributed by atoms with Crippen molar-refractivity contribution in [2.45, 2.75) is 25.3 Å². The number of carbonyl (C=O) groups excluding carboxylic acids is 1. The average Bonchev–Trinajstić information content (AvgIpc) is 3.47. The van der Waals surface area contributed by atoms with E-state index >= 15 is 0 Å². The first-order valence-electron chi connectivity index (χ1n) is 14.3. The lowest BCUT2D eigenvalue weighted by molar-refractivity contribution is -0.128. The second-order valence-electron chi connectivity index (χ2n) is 10.0. The molecule has 0 amide bonds. The molecule has 0 saturated heterocycles. The third-order valence-electron chi connectivity index (χ3n) is 7.41. The molecule has 45 heavy (non-hydrogen) atoms. The molecular weight excluding hydrogens is 599 g/mol. The molecule has 0 saturated carbocycles. The van der Waals surface area contributed by atoms with Crippen molar-refractivity contribution >= 4 is 44.6 Å². The van der Waals surface area contributed by atoms with E-state index in [9.17, 15) is 17.6 Å². The molecule has 0 aliphatic rings. The molecule has 5 rings (SSSR count). The Balaban J connectivity index is 1.32. The third-order valence-corrected chi connectivity index (χ3v) is 9.00. The number of halogens is 1. The summed E-state index contributed by atoms with van der Waals surface area (Å²) in [6.45, 7) is 8.27. The van der Waals surface area contributed by atoms with E-state index in [1.165, 1.54) is 31.6 Å². The molecule has 11 nitrogen and oxygen atoms in total. The molecule has 0 radical (unpaired) electrons. The fourth-order valence-corrected chi connectivity index (χ4v) is 6.17. The summed E-state index contributed by atoms with van der Waals surface area (Å²) in [6.07, 6.45) is 3.57. The zero-order chi connectivity index (χ0) is 32.0. The van der Waals surface area contributed by atoms with Crippen LogP contribution in [0.15, 0.2) is 90.2 Å². The van der Waals surface area contributed by atoms with Gasteiger partial charge in [0.05, 0.1) is 23.4 Å². The van der Waals surface area contributed by atoms with E-state index in [0.717, 1.165) is 60.5 Å².